The minimum atomic E-state index is -0.0988. The number of nitrogens with zero attached hydrogens (tertiary/aromatic N) is 2. The molecule has 0 spiro atoms. The molecule has 0 bridgehead atoms. The van der Waals surface area contributed by atoms with Crippen LogP contribution in [0.25, 0.3) is 0 Å². The maximum atomic E-state index is 11.3. The van der Waals surface area contributed by atoms with Crippen molar-refractivity contribution in [1.29, 1.82) is 0 Å². The van der Waals surface area contributed by atoms with Gasteiger partial charge in [-0.2, -0.15) is 0 Å². The van der Waals surface area contributed by atoms with Crippen molar-refractivity contribution in [3.05, 3.63) is 11.1 Å². The van der Waals surface area contributed by atoms with Crippen molar-refractivity contribution < 1.29 is 4.79 Å². The molecule has 0 unspecified atom stereocenters. The van der Waals surface area contributed by atoms with E-state index in [1.54, 1.807) is 0 Å². The van der Waals surface area contributed by atoms with Crippen LogP contribution in [0.1, 0.15) is 23.0 Å². The van der Waals surface area contributed by atoms with Gasteiger partial charge in [-0.3, -0.25) is 4.79 Å². The van der Waals surface area contributed by atoms with E-state index >= 15 is 0 Å². The summed E-state index contributed by atoms with van der Waals surface area (Å²) in [6.07, 6.45) is 2.58. The van der Waals surface area contributed by atoms with Crippen molar-refractivity contribution in [2.75, 3.05) is 19.6 Å². The van der Waals surface area contributed by atoms with E-state index in [1.807, 2.05) is 0 Å². The quantitative estimate of drug-likeness (QED) is 0.667. The highest BCUT2D eigenvalue weighted by Gasteiger charge is 2.06. The third-order valence-corrected chi connectivity index (χ3v) is 2.26. The maximum absolute atomic E-state index is 11.3. The number of carbonyl (C=O) groups excluding carboxylic acids is 1. The Morgan fingerprint density at radius 3 is 3.00 bits per heavy atom. The van der Waals surface area contributed by atoms with Crippen molar-refractivity contribution in [2.45, 2.75) is 13.3 Å². The molecule has 0 aromatic carbocycles. The molecule has 0 saturated heterocycles. The molecule has 1 aromatic heterocycles. The summed E-state index contributed by atoms with van der Waals surface area (Å²) in [7, 11) is 0. The van der Waals surface area contributed by atoms with Crippen LogP contribution >= 0.6 is 11.5 Å². The van der Waals surface area contributed by atoms with Crippen LogP contribution in [-0.2, 0) is 0 Å². The first-order chi connectivity index (χ1) is 6.84. The zero-order valence-corrected chi connectivity index (χ0v) is 8.93. The Labute approximate surface area is 87.1 Å². The van der Waals surface area contributed by atoms with Gasteiger partial charge in [0.2, 0.25) is 0 Å². The molecule has 1 amide bonds. The molecule has 14 heavy (non-hydrogen) atoms. The zero-order valence-electron chi connectivity index (χ0n) is 8.12. The highest BCUT2D eigenvalue weighted by molar-refractivity contribution is 7.07. The van der Waals surface area contributed by atoms with E-state index in [-0.39, 0.29) is 5.91 Å². The van der Waals surface area contributed by atoms with Crippen LogP contribution in [0.3, 0.4) is 0 Å². The Bertz CT molecular complexity index is 262. The Kier molecular flexibility index (Phi) is 5.09. The molecule has 0 aliphatic carbocycles. The Morgan fingerprint density at radius 1 is 1.50 bits per heavy atom. The van der Waals surface area contributed by atoms with Gasteiger partial charge in [0.25, 0.3) is 5.91 Å². The molecular formula is C8H14N4OS. The molecule has 1 aromatic rings. The van der Waals surface area contributed by atoms with E-state index in [2.05, 4.69) is 27.1 Å². The van der Waals surface area contributed by atoms with Crippen molar-refractivity contribution in [3.8, 4) is 0 Å². The van der Waals surface area contributed by atoms with E-state index in [1.165, 1.54) is 6.20 Å². The van der Waals surface area contributed by atoms with E-state index in [0.29, 0.717) is 11.4 Å². The van der Waals surface area contributed by atoms with Crippen LogP contribution in [0.5, 0.6) is 0 Å². The average Bonchev–Trinajstić information content (AvgIpc) is 2.70. The molecule has 0 aliphatic heterocycles. The second kappa shape index (κ2) is 6.44. The molecule has 0 atom stereocenters. The van der Waals surface area contributed by atoms with Crippen LogP contribution in [-0.4, -0.2) is 35.1 Å². The first kappa shape index (κ1) is 11.1. The van der Waals surface area contributed by atoms with Gasteiger partial charge in [-0.05, 0) is 24.5 Å². The number of aromatic nitrogens is 2. The van der Waals surface area contributed by atoms with Crippen molar-refractivity contribution in [3.63, 3.8) is 0 Å². The van der Waals surface area contributed by atoms with Gasteiger partial charge >= 0.3 is 0 Å². The third kappa shape index (κ3) is 3.80. The highest BCUT2D eigenvalue weighted by Crippen LogP contribution is 1.99. The average molecular weight is 214 g/mol. The molecule has 6 heteroatoms. The van der Waals surface area contributed by atoms with Crippen LogP contribution in [0.15, 0.2) is 6.20 Å². The standard InChI is InChI=1S/C8H14N4OS/c1-2-3-9-4-5-10-8(13)7-6-11-12-14-7/h6,9H,2-5H2,1H3,(H,10,13). The molecule has 1 heterocycles. The number of carbonyl (C=O) groups is 1. The Hall–Kier alpha value is -1.01. The molecular weight excluding hydrogens is 200 g/mol. The summed E-state index contributed by atoms with van der Waals surface area (Å²) >= 11 is 1.11. The summed E-state index contributed by atoms with van der Waals surface area (Å²) in [6, 6.07) is 0. The fourth-order valence-corrected chi connectivity index (χ4v) is 1.35. The first-order valence-electron chi connectivity index (χ1n) is 4.61. The summed E-state index contributed by atoms with van der Waals surface area (Å²) in [5, 5.41) is 9.56. The number of hydrogen-bond donors (Lipinski definition) is 2. The Morgan fingerprint density at radius 2 is 2.36 bits per heavy atom. The predicted molar refractivity (Wildman–Crippen MR) is 55.4 cm³/mol. The SMILES string of the molecule is CCCNCCNC(=O)c1cnns1. The lowest BCUT2D eigenvalue weighted by molar-refractivity contribution is 0.0958. The largest absolute Gasteiger partial charge is 0.350 e. The summed E-state index contributed by atoms with van der Waals surface area (Å²) < 4.78 is 3.62. The number of hydrogen-bond acceptors (Lipinski definition) is 5. The number of rotatable bonds is 6. The molecule has 1 rings (SSSR count). The number of amides is 1. The summed E-state index contributed by atoms with van der Waals surface area (Å²) in [6.45, 7) is 4.52. The molecule has 0 radical (unpaired) electrons. The van der Waals surface area contributed by atoms with E-state index in [9.17, 15) is 4.79 Å². The van der Waals surface area contributed by atoms with Crippen LogP contribution in [0.4, 0.5) is 0 Å². The smallest absolute Gasteiger partial charge is 0.264 e. The zero-order chi connectivity index (χ0) is 10.2. The summed E-state index contributed by atoms with van der Waals surface area (Å²) in [5.74, 6) is -0.0988. The lowest BCUT2D eigenvalue weighted by Crippen LogP contribution is -2.31. The minimum absolute atomic E-state index is 0.0988. The lowest BCUT2D eigenvalue weighted by atomic mass is 10.4. The van der Waals surface area contributed by atoms with Crippen molar-refractivity contribution >= 4 is 17.4 Å². The topological polar surface area (TPSA) is 66.9 Å². The van der Waals surface area contributed by atoms with Crippen molar-refractivity contribution in [2.24, 2.45) is 0 Å². The van der Waals surface area contributed by atoms with Crippen LogP contribution < -0.4 is 10.6 Å². The highest BCUT2D eigenvalue weighted by atomic mass is 32.1. The monoisotopic (exact) mass is 214 g/mol. The fourth-order valence-electron chi connectivity index (χ4n) is 0.921. The maximum Gasteiger partial charge on any atom is 0.264 e. The summed E-state index contributed by atoms with van der Waals surface area (Å²) in [5.41, 5.74) is 0. The summed E-state index contributed by atoms with van der Waals surface area (Å²) in [4.78, 5) is 11.9. The molecule has 0 aliphatic rings. The normalized spacial score (nSPS) is 10.1. The van der Waals surface area contributed by atoms with Gasteiger partial charge in [0.1, 0.15) is 4.88 Å². The molecule has 5 nitrogen and oxygen atoms in total. The van der Waals surface area contributed by atoms with E-state index in [4.69, 9.17) is 0 Å². The Balaban J connectivity index is 2.10. The molecule has 78 valence electrons. The van der Waals surface area contributed by atoms with Gasteiger partial charge in [0, 0.05) is 13.1 Å². The van der Waals surface area contributed by atoms with Gasteiger partial charge in [-0.25, -0.2) is 0 Å². The van der Waals surface area contributed by atoms with Gasteiger partial charge in [0.15, 0.2) is 0 Å². The third-order valence-electron chi connectivity index (χ3n) is 1.60. The minimum Gasteiger partial charge on any atom is -0.350 e. The molecule has 2 N–H and O–H groups in total. The predicted octanol–water partition coefficient (Wildman–Crippen LogP) is 0.267. The van der Waals surface area contributed by atoms with Crippen LogP contribution in [0.2, 0.25) is 0 Å². The van der Waals surface area contributed by atoms with Crippen molar-refractivity contribution in [1.82, 2.24) is 20.2 Å². The van der Waals surface area contributed by atoms with Crippen LogP contribution in [0, 0.1) is 0 Å². The fraction of sp³-hybridized carbons (Fsp3) is 0.625. The van der Waals surface area contributed by atoms with Gasteiger partial charge < -0.3 is 10.6 Å². The van der Waals surface area contributed by atoms with E-state index < -0.39 is 0 Å². The second-order valence-electron chi connectivity index (χ2n) is 2.79. The lowest BCUT2D eigenvalue weighted by Gasteiger charge is -2.03. The molecule has 0 saturated carbocycles. The first-order valence-corrected chi connectivity index (χ1v) is 5.38. The van der Waals surface area contributed by atoms with Gasteiger partial charge in [-0.1, -0.05) is 11.4 Å². The van der Waals surface area contributed by atoms with Gasteiger partial charge in [0.05, 0.1) is 6.20 Å². The number of nitrogens with one attached hydrogen (secondary N) is 2. The van der Waals surface area contributed by atoms with Gasteiger partial charge in [-0.15, -0.1) is 5.10 Å². The molecule has 0 fully saturated rings. The van der Waals surface area contributed by atoms with E-state index in [0.717, 1.165) is 31.0 Å². The second-order valence-corrected chi connectivity index (χ2v) is 3.57.